The minimum atomic E-state index is 0.799. The summed E-state index contributed by atoms with van der Waals surface area (Å²) < 4.78 is 0. The summed E-state index contributed by atoms with van der Waals surface area (Å²) in [7, 11) is 0. The molecule has 0 aliphatic carbocycles. The van der Waals surface area contributed by atoms with Crippen LogP contribution in [0.1, 0.15) is 22.2 Å². The first kappa shape index (κ1) is 16.2. The fourth-order valence-electron chi connectivity index (χ4n) is 2.97. The van der Waals surface area contributed by atoms with E-state index in [-0.39, 0.29) is 0 Å². The maximum absolute atomic E-state index is 4.39. The zero-order chi connectivity index (χ0) is 17.1. The van der Waals surface area contributed by atoms with E-state index in [4.69, 9.17) is 0 Å². The highest BCUT2D eigenvalue weighted by Crippen LogP contribution is 2.23. The number of aryl methyl sites for hydroxylation is 1. The van der Waals surface area contributed by atoms with Gasteiger partial charge in [0.1, 0.15) is 10.8 Å². The summed E-state index contributed by atoms with van der Waals surface area (Å²) in [6.07, 6.45) is 0.850. The van der Waals surface area contributed by atoms with Gasteiger partial charge < -0.3 is 4.90 Å². The Kier molecular flexibility index (Phi) is 4.71. The van der Waals surface area contributed by atoms with Gasteiger partial charge in [0.25, 0.3) is 0 Å². The van der Waals surface area contributed by atoms with Crippen LogP contribution in [0.5, 0.6) is 0 Å². The lowest BCUT2D eigenvalue weighted by Gasteiger charge is -2.33. The van der Waals surface area contributed by atoms with Crippen LogP contribution < -0.4 is 4.90 Å². The molecule has 1 saturated heterocycles. The van der Waals surface area contributed by atoms with Crippen molar-refractivity contribution in [1.82, 2.24) is 30.3 Å². The third kappa shape index (κ3) is 4.02. The molecule has 0 radical (unpaired) electrons. The quantitative estimate of drug-likeness (QED) is 0.753. The minimum absolute atomic E-state index is 0.799. The van der Waals surface area contributed by atoms with Crippen molar-refractivity contribution >= 4 is 16.5 Å². The first-order valence-corrected chi connectivity index (χ1v) is 9.29. The number of aromatic amines is 1. The van der Waals surface area contributed by atoms with Crippen LogP contribution in [-0.2, 0) is 13.0 Å². The molecule has 1 aliphatic heterocycles. The van der Waals surface area contributed by atoms with Gasteiger partial charge in [-0.25, -0.2) is 4.98 Å². The largest absolute Gasteiger partial charge is 0.344 e. The van der Waals surface area contributed by atoms with Crippen LogP contribution in [0.3, 0.4) is 0 Å². The van der Waals surface area contributed by atoms with Gasteiger partial charge in [0.2, 0.25) is 5.13 Å². The normalized spacial score (nSPS) is 15.6. The molecule has 1 fully saturated rings. The van der Waals surface area contributed by atoms with Crippen molar-refractivity contribution in [2.75, 3.05) is 31.1 Å². The number of H-pyrrole nitrogens is 1. The lowest BCUT2D eigenvalue weighted by molar-refractivity contribution is 0.244. The Bertz CT molecular complexity index is 805. The smallest absolute Gasteiger partial charge is 0.208 e. The van der Waals surface area contributed by atoms with E-state index in [0.29, 0.717) is 0 Å². The van der Waals surface area contributed by atoms with Gasteiger partial charge >= 0.3 is 0 Å². The van der Waals surface area contributed by atoms with Crippen LogP contribution >= 0.6 is 11.3 Å². The van der Waals surface area contributed by atoms with E-state index in [1.807, 2.05) is 13.0 Å². The maximum Gasteiger partial charge on any atom is 0.208 e. The molecule has 4 rings (SSSR count). The van der Waals surface area contributed by atoms with Crippen LogP contribution in [0.15, 0.2) is 30.3 Å². The van der Waals surface area contributed by atoms with Crippen LogP contribution in [0.25, 0.3) is 0 Å². The number of benzene rings is 1. The van der Waals surface area contributed by atoms with Crippen molar-refractivity contribution in [2.45, 2.75) is 19.9 Å². The molecule has 0 bridgehead atoms. The van der Waals surface area contributed by atoms with Crippen LogP contribution in [-0.4, -0.2) is 56.5 Å². The molecule has 130 valence electrons. The molecule has 1 aromatic carbocycles. The Morgan fingerprint density at radius 1 is 1.08 bits per heavy atom. The summed E-state index contributed by atoms with van der Waals surface area (Å²) in [4.78, 5) is 9.09. The summed E-state index contributed by atoms with van der Waals surface area (Å²) in [5.41, 5.74) is 1.27. The maximum atomic E-state index is 4.39. The zero-order valence-electron chi connectivity index (χ0n) is 14.2. The lowest BCUT2D eigenvalue weighted by atomic mass is 10.2. The van der Waals surface area contributed by atoms with E-state index in [1.54, 1.807) is 11.3 Å². The second-order valence-electron chi connectivity index (χ2n) is 6.24. The van der Waals surface area contributed by atoms with Gasteiger partial charge in [0.15, 0.2) is 5.82 Å². The molecule has 2 aromatic heterocycles. The van der Waals surface area contributed by atoms with Crippen LogP contribution in [0.4, 0.5) is 5.13 Å². The number of rotatable bonds is 5. The predicted octanol–water partition coefficient (Wildman–Crippen LogP) is 1.88. The summed E-state index contributed by atoms with van der Waals surface area (Å²) in [5.74, 6) is 1.74. The molecule has 25 heavy (non-hydrogen) atoms. The van der Waals surface area contributed by atoms with E-state index in [2.05, 4.69) is 59.4 Å². The van der Waals surface area contributed by atoms with Crippen molar-refractivity contribution in [3.05, 3.63) is 52.6 Å². The fraction of sp³-hybridized carbons (Fsp3) is 0.412. The molecule has 8 heteroatoms. The van der Waals surface area contributed by atoms with Gasteiger partial charge in [-0.3, -0.25) is 10.00 Å². The lowest BCUT2D eigenvalue weighted by Crippen LogP contribution is -2.46. The number of nitrogens with one attached hydrogen (secondary N) is 1. The molecule has 3 aromatic rings. The molecule has 0 amide bonds. The van der Waals surface area contributed by atoms with Crippen molar-refractivity contribution in [1.29, 1.82) is 0 Å². The Morgan fingerprint density at radius 2 is 1.88 bits per heavy atom. The zero-order valence-corrected chi connectivity index (χ0v) is 15.0. The van der Waals surface area contributed by atoms with Crippen molar-refractivity contribution in [2.24, 2.45) is 0 Å². The Labute approximate surface area is 150 Å². The summed E-state index contributed by atoms with van der Waals surface area (Å²) in [5, 5.41) is 18.0. The Morgan fingerprint density at radius 3 is 2.60 bits per heavy atom. The molecular weight excluding hydrogens is 334 g/mol. The molecule has 7 nitrogen and oxygen atoms in total. The van der Waals surface area contributed by atoms with Crippen LogP contribution in [0.2, 0.25) is 0 Å². The molecule has 0 atom stereocenters. The van der Waals surface area contributed by atoms with E-state index >= 15 is 0 Å². The van der Waals surface area contributed by atoms with Crippen molar-refractivity contribution in [3.8, 4) is 0 Å². The Hall–Kier alpha value is -2.32. The van der Waals surface area contributed by atoms with Gasteiger partial charge in [-0.2, -0.15) is 5.10 Å². The van der Waals surface area contributed by atoms with E-state index in [9.17, 15) is 0 Å². The third-order valence-electron chi connectivity index (χ3n) is 4.31. The molecule has 1 aliphatic rings. The van der Waals surface area contributed by atoms with E-state index < -0.39 is 0 Å². The number of piperazine rings is 1. The summed E-state index contributed by atoms with van der Waals surface area (Å²) in [6, 6.07) is 10.4. The first-order valence-electron chi connectivity index (χ1n) is 8.48. The van der Waals surface area contributed by atoms with Gasteiger partial charge in [0.05, 0.1) is 6.54 Å². The van der Waals surface area contributed by atoms with E-state index in [0.717, 1.165) is 60.9 Å². The molecular formula is C17H21N7S. The SMILES string of the molecule is Cc1nc(CN2CCN(c3nnc(Cc4ccccc4)s3)CC2)n[nH]1. The molecule has 0 saturated carbocycles. The second-order valence-corrected chi connectivity index (χ2v) is 7.28. The summed E-state index contributed by atoms with van der Waals surface area (Å²) >= 11 is 1.70. The highest BCUT2D eigenvalue weighted by Gasteiger charge is 2.21. The average Bonchev–Trinajstić information content (AvgIpc) is 3.26. The van der Waals surface area contributed by atoms with Gasteiger partial charge in [0, 0.05) is 32.6 Å². The first-order chi connectivity index (χ1) is 12.3. The number of nitrogens with zero attached hydrogens (tertiary/aromatic N) is 6. The molecule has 3 heterocycles. The minimum Gasteiger partial charge on any atom is -0.344 e. The fourth-order valence-corrected chi connectivity index (χ4v) is 3.90. The monoisotopic (exact) mass is 355 g/mol. The number of hydrogen-bond acceptors (Lipinski definition) is 7. The van der Waals surface area contributed by atoms with Gasteiger partial charge in [-0.05, 0) is 12.5 Å². The van der Waals surface area contributed by atoms with Crippen molar-refractivity contribution < 1.29 is 0 Å². The van der Waals surface area contributed by atoms with E-state index in [1.165, 1.54) is 5.56 Å². The molecule has 0 spiro atoms. The highest BCUT2D eigenvalue weighted by atomic mass is 32.1. The number of hydrogen-bond donors (Lipinski definition) is 1. The second kappa shape index (κ2) is 7.28. The average molecular weight is 355 g/mol. The molecule has 0 unspecified atom stereocenters. The summed E-state index contributed by atoms with van der Waals surface area (Å²) in [6.45, 7) is 6.62. The molecule has 1 N–H and O–H groups in total. The Balaban J connectivity index is 1.32. The third-order valence-corrected chi connectivity index (χ3v) is 5.29. The number of anilines is 1. The number of aromatic nitrogens is 5. The predicted molar refractivity (Wildman–Crippen MR) is 97.8 cm³/mol. The highest BCUT2D eigenvalue weighted by molar-refractivity contribution is 7.15. The van der Waals surface area contributed by atoms with Crippen molar-refractivity contribution in [3.63, 3.8) is 0 Å². The van der Waals surface area contributed by atoms with Gasteiger partial charge in [-0.1, -0.05) is 41.7 Å². The van der Waals surface area contributed by atoms with Crippen LogP contribution in [0, 0.1) is 6.92 Å². The topological polar surface area (TPSA) is 73.8 Å². The van der Waals surface area contributed by atoms with Gasteiger partial charge in [-0.15, -0.1) is 10.2 Å². The standard InChI is InChI=1S/C17H21N7S/c1-13-18-15(20-19-13)12-23-7-9-24(10-8-23)17-22-21-16(25-17)11-14-5-3-2-4-6-14/h2-6H,7-12H2,1H3,(H,18,19,20).